The van der Waals surface area contributed by atoms with E-state index >= 15 is 0 Å². The minimum Gasteiger partial charge on any atom is -0.478 e. The Bertz CT molecular complexity index is 1210. The molecule has 0 radical (unpaired) electrons. The molecule has 0 amide bonds. The first-order valence-electron chi connectivity index (χ1n) is 15.6. The summed E-state index contributed by atoms with van der Waals surface area (Å²) in [4.78, 5) is 26.5. The molecule has 0 aromatic heterocycles. The molecule has 8 atom stereocenters. The largest absolute Gasteiger partial charge is 0.478 e. The van der Waals surface area contributed by atoms with Crippen LogP contribution in [0.25, 0.3) is 0 Å². The molecule has 0 spiro atoms. The molecule has 3 heterocycles. The Morgan fingerprint density at radius 2 is 1.89 bits per heavy atom. The smallest absolute Gasteiger partial charge is 0.337 e. The second-order valence-corrected chi connectivity index (χ2v) is 11.7. The van der Waals surface area contributed by atoms with Gasteiger partial charge in [0, 0.05) is 25.2 Å². The van der Waals surface area contributed by atoms with Crippen molar-refractivity contribution in [1.29, 1.82) is 0 Å². The van der Waals surface area contributed by atoms with E-state index in [1.807, 2.05) is 6.08 Å². The molecule has 1 saturated carbocycles. The van der Waals surface area contributed by atoms with Gasteiger partial charge in [0.05, 0.1) is 50.4 Å². The molecule has 256 valence electrons. The van der Waals surface area contributed by atoms with Crippen molar-refractivity contribution in [3.63, 3.8) is 0 Å². The van der Waals surface area contributed by atoms with Crippen molar-refractivity contribution in [3.8, 4) is 0 Å². The number of β-amino-alcohol motifs (C(OH)–C–C–N with tert-alkyl or cyclic N) is 1. The van der Waals surface area contributed by atoms with Crippen molar-refractivity contribution in [2.75, 3.05) is 47.2 Å². The van der Waals surface area contributed by atoms with Crippen LogP contribution < -0.4 is 5.32 Å². The number of methoxy groups -OCH3 is 1. The second-order valence-electron chi connectivity index (χ2n) is 11.7. The molecule has 2 fully saturated rings. The fourth-order valence-electron chi connectivity index (χ4n) is 6.10. The third-order valence-electron chi connectivity index (χ3n) is 8.48. The average molecular weight is 651 g/mol. The Labute approximate surface area is 268 Å². The van der Waals surface area contributed by atoms with Crippen molar-refractivity contribution in [3.05, 3.63) is 59.1 Å². The third kappa shape index (κ3) is 8.83. The van der Waals surface area contributed by atoms with Crippen LogP contribution >= 0.6 is 0 Å². The van der Waals surface area contributed by atoms with E-state index in [9.17, 15) is 35.1 Å². The molecule has 14 nitrogen and oxygen atoms in total. The lowest BCUT2D eigenvalue weighted by atomic mass is 9.80. The van der Waals surface area contributed by atoms with Gasteiger partial charge in [-0.25, -0.2) is 9.59 Å². The summed E-state index contributed by atoms with van der Waals surface area (Å²) >= 11 is 0. The van der Waals surface area contributed by atoms with Crippen LogP contribution in [0.4, 0.5) is 0 Å². The highest BCUT2D eigenvalue weighted by molar-refractivity contribution is 5.90. The number of hydrogen-bond donors (Lipinski definition) is 6. The van der Waals surface area contributed by atoms with Gasteiger partial charge in [-0.3, -0.25) is 5.32 Å². The first kappa shape index (κ1) is 35.8. The van der Waals surface area contributed by atoms with Crippen molar-refractivity contribution < 1.29 is 58.8 Å². The standard InChI is InChI=1S/C32H46N2O12/c1-33-18-44-28-27(38)26(37)25(16-36)45-32(28)46-31-23(13-19-6-4-3-5-7-19)22(24(17-43-31)30(41)42-2)9-8-20-12-21(29(39)40)15-34(14-20)10-11-35/h8-9,12-13,15,17,22-23,25-28,31-33,35-38H,3-7,10-11,14,16,18H2,1-2H3,(H,39,40)/b9-8+/t22-,23+,25+,26+,27-,28+,31-,32-/m0/s1. The number of ether oxygens (including phenoxy) is 5. The Morgan fingerprint density at radius 1 is 1.13 bits per heavy atom. The molecule has 14 heteroatoms. The van der Waals surface area contributed by atoms with Gasteiger partial charge in [-0.2, -0.15) is 0 Å². The predicted octanol–water partition coefficient (Wildman–Crippen LogP) is 0.299. The zero-order valence-electron chi connectivity index (χ0n) is 26.2. The minimum atomic E-state index is -1.45. The minimum absolute atomic E-state index is 0.00735. The van der Waals surface area contributed by atoms with Gasteiger partial charge in [-0.15, -0.1) is 0 Å². The molecule has 46 heavy (non-hydrogen) atoms. The number of aliphatic hydroxyl groups excluding tert-OH is 4. The molecule has 1 saturated heterocycles. The molecular weight excluding hydrogens is 604 g/mol. The topological polar surface area (TPSA) is 197 Å². The normalized spacial score (nSPS) is 31.9. The van der Waals surface area contributed by atoms with Crippen LogP contribution in [0.3, 0.4) is 0 Å². The van der Waals surface area contributed by atoms with Crippen molar-refractivity contribution in [1.82, 2.24) is 10.2 Å². The van der Waals surface area contributed by atoms with E-state index in [0.717, 1.165) is 37.7 Å². The van der Waals surface area contributed by atoms with Gasteiger partial charge >= 0.3 is 11.9 Å². The first-order valence-corrected chi connectivity index (χ1v) is 15.6. The maximum absolute atomic E-state index is 13.0. The summed E-state index contributed by atoms with van der Waals surface area (Å²) in [5.41, 5.74) is 2.07. The Balaban J connectivity index is 1.72. The highest BCUT2D eigenvalue weighted by Crippen LogP contribution is 2.39. The average Bonchev–Trinajstić information content (AvgIpc) is 3.06. The summed E-state index contributed by atoms with van der Waals surface area (Å²) < 4.78 is 29.0. The molecular formula is C32H46N2O12. The number of allylic oxidation sites excluding steroid dienone is 2. The summed E-state index contributed by atoms with van der Waals surface area (Å²) in [6.07, 6.45) is 7.17. The number of carboxylic acid groups (broad SMARTS) is 1. The number of aliphatic hydroxyl groups is 4. The van der Waals surface area contributed by atoms with Crippen LogP contribution in [0, 0.1) is 11.8 Å². The molecule has 0 aromatic rings. The highest BCUT2D eigenvalue weighted by Gasteiger charge is 2.48. The molecule has 3 aliphatic heterocycles. The summed E-state index contributed by atoms with van der Waals surface area (Å²) in [5, 5.41) is 53.1. The predicted molar refractivity (Wildman–Crippen MR) is 162 cm³/mol. The van der Waals surface area contributed by atoms with Crippen LogP contribution in [-0.2, 0) is 33.3 Å². The van der Waals surface area contributed by atoms with Gasteiger partial charge in [-0.05, 0) is 44.4 Å². The first-order chi connectivity index (χ1) is 22.2. The number of rotatable bonds is 13. The summed E-state index contributed by atoms with van der Waals surface area (Å²) in [6, 6.07) is 0. The van der Waals surface area contributed by atoms with Crippen molar-refractivity contribution in [2.24, 2.45) is 11.8 Å². The van der Waals surface area contributed by atoms with Crippen LogP contribution in [0.1, 0.15) is 32.1 Å². The van der Waals surface area contributed by atoms with Gasteiger partial charge in [0.15, 0.2) is 6.29 Å². The van der Waals surface area contributed by atoms with Gasteiger partial charge in [-0.1, -0.05) is 30.2 Å². The van der Waals surface area contributed by atoms with E-state index in [2.05, 4.69) is 5.32 Å². The number of nitrogens with zero attached hydrogens (tertiary/aromatic N) is 1. The van der Waals surface area contributed by atoms with Crippen LogP contribution in [0.5, 0.6) is 0 Å². The molecule has 1 aliphatic carbocycles. The summed E-state index contributed by atoms with van der Waals surface area (Å²) in [6.45, 7) is -0.153. The molecule has 0 unspecified atom stereocenters. The Hall–Kier alpha value is -3.08. The fourth-order valence-corrected chi connectivity index (χ4v) is 6.10. The zero-order chi connectivity index (χ0) is 33.2. The summed E-state index contributed by atoms with van der Waals surface area (Å²) in [5.74, 6) is -3.00. The molecule has 4 aliphatic rings. The van der Waals surface area contributed by atoms with Crippen molar-refractivity contribution >= 4 is 11.9 Å². The van der Waals surface area contributed by atoms with E-state index in [1.54, 1.807) is 24.1 Å². The monoisotopic (exact) mass is 650 g/mol. The van der Waals surface area contributed by atoms with Gasteiger partial charge in [0.1, 0.15) is 24.4 Å². The number of carbonyl (C=O) groups is 2. The Morgan fingerprint density at radius 3 is 2.54 bits per heavy atom. The number of esters is 1. The zero-order valence-corrected chi connectivity index (χ0v) is 26.2. The fraction of sp³-hybridized carbons (Fsp3) is 0.625. The lowest BCUT2D eigenvalue weighted by molar-refractivity contribution is -0.345. The SMILES string of the molecule is CNCO[C@H]1[C@H](O[C@@H]2OC=C(C(=O)OC)[C@@H](/C=C/C3=CC(C(=O)O)=CN(CCO)C3)[C@H]2C=C2CCCCC2)O[C@H](CO)[C@@H](O)[C@@H]1O. The lowest BCUT2D eigenvalue weighted by Crippen LogP contribution is -2.61. The number of nitrogens with one attached hydrogen (secondary N) is 1. The maximum Gasteiger partial charge on any atom is 0.337 e. The number of hydrogen-bond acceptors (Lipinski definition) is 13. The Kier molecular flexibility index (Phi) is 13.4. The van der Waals surface area contributed by atoms with Crippen LogP contribution in [-0.4, -0.2) is 127 Å². The van der Waals surface area contributed by atoms with E-state index in [4.69, 9.17) is 23.7 Å². The lowest BCUT2D eigenvalue weighted by Gasteiger charge is -2.44. The maximum atomic E-state index is 13.0. The van der Waals surface area contributed by atoms with E-state index in [-0.39, 0.29) is 31.0 Å². The number of carboxylic acids is 1. The van der Waals surface area contributed by atoms with E-state index < -0.39 is 67.4 Å². The second kappa shape index (κ2) is 17.2. The van der Waals surface area contributed by atoms with Gasteiger partial charge in [0.25, 0.3) is 0 Å². The number of carbonyl (C=O) groups excluding carboxylic acids is 1. The quantitative estimate of drug-likeness (QED) is 0.0904. The van der Waals surface area contributed by atoms with Gasteiger partial charge in [0.2, 0.25) is 6.29 Å². The van der Waals surface area contributed by atoms with Crippen LogP contribution in [0.2, 0.25) is 0 Å². The van der Waals surface area contributed by atoms with E-state index in [1.165, 1.54) is 25.6 Å². The van der Waals surface area contributed by atoms with Gasteiger partial charge < -0.3 is 54.1 Å². The highest BCUT2D eigenvalue weighted by atomic mass is 16.8. The molecule has 6 N–H and O–H groups in total. The van der Waals surface area contributed by atoms with Crippen LogP contribution in [0.15, 0.2) is 59.1 Å². The molecule has 0 bridgehead atoms. The third-order valence-corrected chi connectivity index (χ3v) is 8.48. The molecule has 4 rings (SSSR count). The number of aliphatic carboxylic acids is 1. The van der Waals surface area contributed by atoms with E-state index in [0.29, 0.717) is 12.1 Å². The molecule has 0 aromatic carbocycles. The van der Waals surface area contributed by atoms with Crippen molar-refractivity contribution in [2.45, 2.75) is 69.1 Å². The summed E-state index contributed by atoms with van der Waals surface area (Å²) in [7, 11) is 2.91.